The number of piperidine rings is 1. The number of hydrogen-bond donors (Lipinski definition) is 1. The zero-order valence-corrected chi connectivity index (χ0v) is 11.8. The van der Waals surface area contributed by atoms with Crippen LogP contribution in [0.15, 0.2) is 18.3 Å². The number of aliphatic hydroxyl groups excluding tert-OH is 1. The summed E-state index contributed by atoms with van der Waals surface area (Å²) < 4.78 is 42.6. The number of aliphatic hydroxyl groups is 1. The monoisotopic (exact) mass is 318 g/mol. The van der Waals surface area contributed by atoms with E-state index in [0.29, 0.717) is 19.7 Å². The van der Waals surface area contributed by atoms with E-state index in [-0.39, 0.29) is 17.7 Å². The number of amides is 1. The zero-order chi connectivity index (χ0) is 16.2. The van der Waals surface area contributed by atoms with Crippen LogP contribution in [0.3, 0.4) is 0 Å². The highest BCUT2D eigenvalue weighted by molar-refractivity contribution is 5.77. The van der Waals surface area contributed by atoms with Crippen LogP contribution in [0.25, 0.3) is 0 Å². The summed E-state index contributed by atoms with van der Waals surface area (Å²) in [6.07, 6.45) is -2.20. The van der Waals surface area contributed by atoms with Crippen LogP contribution in [0.1, 0.15) is 18.4 Å². The van der Waals surface area contributed by atoms with Crippen molar-refractivity contribution in [1.29, 1.82) is 0 Å². The molecule has 2 rings (SSSR count). The number of hydrogen-bond acceptors (Lipinski definition) is 4. The van der Waals surface area contributed by atoms with Crippen molar-refractivity contribution in [2.45, 2.75) is 19.0 Å². The third-order valence-electron chi connectivity index (χ3n) is 3.63. The molecule has 0 saturated carbocycles. The molecule has 1 aliphatic rings. The van der Waals surface area contributed by atoms with E-state index >= 15 is 0 Å². The number of nitrogens with zero attached hydrogens (tertiary/aromatic N) is 2. The average molecular weight is 318 g/mol. The first-order valence-corrected chi connectivity index (χ1v) is 6.95. The number of aromatic nitrogens is 1. The standard InChI is InChI=1S/C14H17F3N2O3/c15-14(16,17)11-1-2-12(18-7-11)22-9-10-3-5-19(6-4-10)13(21)8-20/h1-2,7,10,20H,3-6,8-9H2. The minimum atomic E-state index is -4.41. The van der Waals surface area contributed by atoms with Crippen LogP contribution in [0.2, 0.25) is 0 Å². The lowest BCUT2D eigenvalue weighted by Gasteiger charge is -2.31. The molecule has 1 fully saturated rings. The van der Waals surface area contributed by atoms with Crippen LogP contribution in [0.4, 0.5) is 13.2 Å². The first-order valence-electron chi connectivity index (χ1n) is 6.95. The smallest absolute Gasteiger partial charge is 0.417 e. The van der Waals surface area contributed by atoms with Gasteiger partial charge in [-0.2, -0.15) is 13.2 Å². The molecule has 1 aliphatic heterocycles. The fraction of sp³-hybridized carbons (Fsp3) is 0.571. The summed E-state index contributed by atoms with van der Waals surface area (Å²) in [5.41, 5.74) is -0.810. The van der Waals surface area contributed by atoms with Crippen LogP contribution < -0.4 is 4.74 Å². The summed E-state index contributed by atoms with van der Waals surface area (Å²) in [6.45, 7) is 0.956. The summed E-state index contributed by atoms with van der Waals surface area (Å²) in [6, 6.07) is 2.14. The summed E-state index contributed by atoms with van der Waals surface area (Å²) >= 11 is 0. The van der Waals surface area contributed by atoms with Crippen LogP contribution in [-0.4, -0.2) is 47.2 Å². The third-order valence-corrected chi connectivity index (χ3v) is 3.63. The van der Waals surface area contributed by atoms with E-state index in [0.717, 1.165) is 25.1 Å². The zero-order valence-electron chi connectivity index (χ0n) is 11.8. The second kappa shape index (κ2) is 6.95. The number of alkyl halides is 3. The normalized spacial score (nSPS) is 16.6. The van der Waals surface area contributed by atoms with Crippen molar-refractivity contribution >= 4 is 5.91 Å². The van der Waals surface area contributed by atoms with Gasteiger partial charge in [0.25, 0.3) is 0 Å². The van der Waals surface area contributed by atoms with Gasteiger partial charge in [0, 0.05) is 25.4 Å². The van der Waals surface area contributed by atoms with Crippen LogP contribution in [0, 0.1) is 5.92 Å². The molecule has 2 heterocycles. The van der Waals surface area contributed by atoms with Gasteiger partial charge in [-0.1, -0.05) is 0 Å². The van der Waals surface area contributed by atoms with Gasteiger partial charge < -0.3 is 14.7 Å². The van der Waals surface area contributed by atoms with Crippen molar-refractivity contribution in [2.75, 3.05) is 26.3 Å². The molecule has 22 heavy (non-hydrogen) atoms. The Morgan fingerprint density at radius 1 is 1.36 bits per heavy atom. The Morgan fingerprint density at radius 2 is 2.05 bits per heavy atom. The van der Waals surface area contributed by atoms with E-state index in [4.69, 9.17) is 9.84 Å². The number of rotatable bonds is 4. The second-order valence-electron chi connectivity index (χ2n) is 5.18. The second-order valence-corrected chi connectivity index (χ2v) is 5.18. The predicted molar refractivity (Wildman–Crippen MR) is 71.1 cm³/mol. The van der Waals surface area contributed by atoms with E-state index in [1.54, 1.807) is 4.90 Å². The first-order chi connectivity index (χ1) is 10.4. The van der Waals surface area contributed by atoms with Crippen molar-refractivity contribution in [1.82, 2.24) is 9.88 Å². The fourth-order valence-corrected chi connectivity index (χ4v) is 2.29. The SMILES string of the molecule is O=C(CO)N1CCC(COc2ccc(C(F)(F)F)cn2)CC1. The van der Waals surface area contributed by atoms with E-state index in [1.165, 1.54) is 6.07 Å². The Balaban J connectivity index is 1.78. The van der Waals surface area contributed by atoms with Crippen LogP contribution >= 0.6 is 0 Å². The minimum Gasteiger partial charge on any atom is -0.477 e. The van der Waals surface area contributed by atoms with Crippen molar-refractivity contribution in [3.05, 3.63) is 23.9 Å². The molecule has 8 heteroatoms. The lowest BCUT2D eigenvalue weighted by molar-refractivity contribution is -0.138. The van der Waals surface area contributed by atoms with Crippen LogP contribution in [0.5, 0.6) is 5.88 Å². The third kappa shape index (κ3) is 4.33. The van der Waals surface area contributed by atoms with Crippen LogP contribution in [-0.2, 0) is 11.0 Å². The van der Waals surface area contributed by atoms with Crippen molar-refractivity contribution in [3.63, 3.8) is 0 Å². The molecule has 1 N–H and O–H groups in total. The van der Waals surface area contributed by atoms with Gasteiger partial charge in [-0.25, -0.2) is 4.98 Å². The molecule has 0 bridgehead atoms. The van der Waals surface area contributed by atoms with Gasteiger partial charge in [-0.15, -0.1) is 0 Å². The molecule has 5 nitrogen and oxygen atoms in total. The lowest BCUT2D eigenvalue weighted by Crippen LogP contribution is -2.41. The Morgan fingerprint density at radius 3 is 2.55 bits per heavy atom. The lowest BCUT2D eigenvalue weighted by atomic mass is 9.98. The Hall–Kier alpha value is -1.83. The van der Waals surface area contributed by atoms with Gasteiger partial charge in [-0.3, -0.25) is 4.79 Å². The molecule has 1 aromatic heterocycles. The molecule has 0 spiro atoms. The molecule has 122 valence electrons. The number of likely N-dealkylation sites (tertiary alicyclic amines) is 1. The van der Waals surface area contributed by atoms with Gasteiger partial charge in [0.1, 0.15) is 6.61 Å². The molecule has 0 aromatic carbocycles. The predicted octanol–water partition coefficient (Wildman–Crippen LogP) is 1.71. The van der Waals surface area contributed by atoms with E-state index < -0.39 is 18.3 Å². The van der Waals surface area contributed by atoms with Crippen molar-refractivity contribution in [3.8, 4) is 5.88 Å². The summed E-state index contributed by atoms with van der Waals surface area (Å²) in [7, 11) is 0. The number of carbonyl (C=O) groups excluding carboxylic acids is 1. The maximum Gasteiger partial charge on any atom is 0.417 e. The maximum absolute atomic E-state index is 12.4. The molecule has 0 radical (unpaired) electrons. The highest BCUT2D eigenvalue weighted by Crippen LogP contribution is 2.29. The number of ether oxygens (including phenoxy) is 1. The quantitative estimate of drug-likeness (QED) is 0.918. The topological polar surface area (TPSA) is 62.7 Å². The summed E-state index contributed by atoms with van der Waals surface area (Å²) in [5.74, 6) is 0.0810. The van der Waals surface area contributed by atoms with Crippen molar-refractivity contribution < 1.29 is 27.8 Å². The van der Waals surface area contributed by atoms with Gasteiger partial charge in [-0.05, 0) is 24.8 Å². The van der Waals surface area contributed by atoms with E-state index in [1.807, 2.05) is 0 Å². The minimum absolute atomic E-state index is 0.155. The number of halogens is 3. The maximum atomic E-state index is 12.4. The van der Waals surface area contributed by atoms with Gasteiger partial charge >= 0.3 is 6.18 Å². The molecule has 0 atom stereocenters. The highest BCUT2D eigenvalue weighted by atomic mass is 19.4. The summed E-state index contributed by atoms with van der Waals surface area (Å²) in [5, 5.41) is 8.78. The molecular formula is C14H17F3N2O3. The van der Waals surface area contributed by atoms with E-state index in [2.05, 4.69) is 4.98 Å². The molecular weight excluding hydrogens is 301 g/mol. The van der Waals surface area contributed by atoms with E-state index in [9.17, 15) is 18.0 Å². The first kappa shape index (κ1) is 16.5. The number of carbonyl (C=O) groups is 1. The largest absolute Gasteiger partial charge is 0.477 e. The van der Waals surface area contributed by atoms with Gasteiger partial charge in [0.05, 0.1) is 12.2 Å². The average Bonchev–Trinajstić information content (AvgIpc) is 2.52. The molecule has 1 saturated heterocycles. The molecule has 1 aromatic rings. The molecule has 0 aliphatic carbocycles. The molecule has 0 unspecified atom stereocenters. The fourth-order valence-electron chi connectivity index (χ4n) is 2.29. The van der Waals surface area contributed by atoms with Gasteiger partial charge in [0.2, 0.25) is 11.8 Å². The Bertz CT molecular complexity index is 497. The van der Waals surface area contributed by atoms with Gasteiger partial charge in [0.15, 0.2) is 0 Å². The molecule has 1 amide bonds. The Kier molecular flexibility index (Phi) is 5.23. The summed E-state index contributed by atoms with van der Waals surface area (Å²) in [4.78, 5) is 16.5. The number of pyridine rings is 1. The van der Waals surface area contributed by atoms with Crippen molar-refractivity contribution in [2.24, 2.45) is 5.92 Å². The highest BCUT2D eigenvalue weighted by Gasteiger charge is 2.30. The Labute approximate surface area is 125 Å².